The number of methoxy groups -OCH3 is 2. The van der Waals surface area contributed by atoms with Crippen molar-refractivity contribution in [2.24, 2.45) is 4.99 Å². The SMILES string of the molecule is CN=C(NCCCOC)NCCOCCOC. The zero-order valence-corrected chi connectivity index (χ0v) is 11.1. The molecular weight excluding hydrogens is 222 g/mol. The molecule has 0 aromatic rings. The molecule has 0 amide bonds. The maximum atomic E-state index is 5.32. The van der Waals surface area contributed by atoms with Crippen molar-refractivity contribution in [3.05, 3.63) is 0 Å². The quantitative estimate of drug-likeness (QED) is 0.319. The Morgan fingerprint density at radius 3 is 2.29 bits per heavy atom. The number of hydrogen-bond acceptors (Lipinski definition) is 4. The number of nitrogens with one attached hydrogen (secondary N) is 2. The van der Waals surface area contributed by atoms with Crippen LogP contribution in [0.15, 0.2) is 4.99 Å². The Labute approximate surface area is 104 Å². The zero-order valence-electron chi connectivity index (χ0n) is 11.1. The molecule has 0 aliphatic rings. The van der Waals surface area contributed by atoms with Crippen LogP contribution in [0.3, 0.4) is 0 Å². The average Bonchev–Trinajstić information content (AvgIpc) is 2.36. The summed E-state index contributed by atoms with van der Waals surface area (Å²) in [5.74, 6) is 0.788. The van der Waals surface area contributed by atoms with Gasteiger partial charge in [-0.3, -0.25) is 4.99 Å². The topological polar surface area (TPSA) is 64.1 Å². The molecule has 0 unspecified atom stereocenters. The van der Waals surface area contributed by atoms with E-state index in [2.05, 4.69) is 15.6 Å². The summed E-state index contributed by atoms with van der Waals surface area (Å²) in [7, 11) is 5.11. The molecule has 6 nitrogen and oxygen atoms in total. The first-order valence-electron chi connectivity index (χ1n) is 5.85. The molecule has 0 aromatic carbocycles. The first kappa shape index (κ1) is 16.1. The highest BCUT2D eigenvalue weighted by Crippen LogP contribution is 1.78. The fourth-order valence-corrected chi connectivity index (χ4v) is 1.13. The van der Waals surface area contributed by atoms with Gasteiger partial charge in [-0.1, -0.05) is 0 Å². The van der Waals surface area contributed by atoms with Crippen LogP contribution in [-0.2, 0) is 14.2 Å². The van der Waals surface area contributed by atoms with Gasteiger partial charge in [0.25, 0.3) is 0 Å². The van der Waals surface area contributed by atoms with Gasteiger partial charge in [-0.05, 0) is 6.42 Å². The van der Waals surface area contributed by atoms with Crippen LogP contribution >= 0.6 is 0 Å². The van der Waals surface area contributed by atoms with Gasteiger partial charge < -0.3 is 24.8 Å². The van der Waals surface area contributed by atoms with E-state index in [4.69, 9.17) is 14.2 Å². The van der Waals surface area contributed by atoms with Crippen LogP contribution in [0.2, 0.25) is 0 Å². The Hall–Kier alpha value is -0.850. The van der Waals surface area contributed by atoms with Gasteiger partial charge >= 0.3 is 0 Å². The van der Waals surface area contributed by atoms with Crippen molar-refractivity contribution in [3.8, 4) is 0 Å². The molecule has 0 rings (SSSR count). The molecule has 0 saturated heterocycles. The molecular formula is C11H25N3O3. The summed E-state index contributed by atoms with van der Waals surface area (Å²) in [6.07, 6.45) is 0.960. The van der Waals surface area contributed by atoms with Crippen molar-refractivity contribution in [1.29, 1.82) is 0 Å². The van der Waals surface area contributed by atoms with E-state index in [0.29, 0.717) is 19.8 Å². The Balaban J connectivity index is 3.36. The minimum atomic E-state index is 0.623. The van der Waals surface area contributed by atoms with E-state index in [-0.39, 0.29) is 0 Å². The molecule has 0 atom stereocenters. The molecule has 0 aromatic heterocycles. The van der Waals surface area contributed by atoms with E-state index >= 15 is 0 Å². The summed E-state index contributed by atoms with van der Waals surface area (Å²) >= 11 is 0. The monoisotopic (exact) mass is 247 g/mol. The first-order valence-corrected chi connectivity index (χ1v) is 5.85. The van der Waals surface area contributed by atoms with Crippen LogP contribution in [0.5, 0.6) is 0 Å². The van der Waals surface area contributed by atoms with E-state index in [1.165, 1.54) is 0 Å². The molecule has 0 radical (unpaired) electrons. The van der Waals surface area contributed by atoms with Crippen molar-refractivity contribution in [2.45, 2.75) is 6.42 Å². The van der Waals surface area contributed by atoms with E-state index in [1.807, 2.05) is 0 Å². The van der Waals surface area contributed by atoms with Crippen LogP contribution in [-0.4, -0.2) is 66.7 Å². The van der Waals surface area contributed by atoms with E-state index < -0.39 is 0 Å². The van der Waals surface area contributed by atoms with Crippen LogP contribution in [0, 0.1) is 0 Å². The number of aliphatic imine (C=N–C) groups is 1. The highest BCUT2D eigenvalue weighted by Gasteiger charge is 1.96. The Bertz CT molecular complexity index is 189. The van der Waals surface area contributed by atoms with Crippen LogP contribution in [0.1, 0.15) is 6.42 Å². The van der Waals surface area contributed by atoms with Gasteiger partial charge in [-0.15, -0.1) is 0 Å². The predicted octanol–water partition coefficient (Wildman–Crippen LogP) is -0.149. The van der Waals surface area contributed by atoms with Gasteiger partial charge in [0.05, 0.1) is 19.8 Å². The Kier molecular flexibility index (Phi) is 12.6. The molecule has 0 fully saturated rings. The largest absolute Gasteiger partial charge is 0.385 e. The summed E-state index contributed by atoms with van der Waals surface area (Å²) in [6, 6.07) is 0. The van der Waals surface area contributed by atoms with Crippen molar-refractivity contribution in [3.63, 3.8) is 0 Å². The molecule has 6 heteroatoms. The van der Waals surface area contributed by atoms with Crippen molar-refractivity contribution in [1.82, 2.24) is 10.6 Å². The van der Waals surface area contributed by atoms with Crippen molar-refractivity contribution >= 4 is 5.96 Å². The van der Waals surface area contributed by atoms with Crippen molar-refractivity contribution < 1.29 is 14.2 Å². The molecule has 0 aliphatic heterocycles. The smallest absolute Gasteiger partial charge is 0.191 e. The number of nitrogens with zero attached hydrogens (tertiary/aromatic N) is 1. The summed E-state index contributed by atoms with van der Waals surface area (Å²) in [5, 5.41) is 6.34. The fourth-order valence-electron chi connectivity index (χ4n) is 1.13. The second-order valence-electron chi connectivity index (χ2n) is 3.38. The van der Waals surface area contributed by atoms with Crippen LogP contribution < -0.4 is 10.6 Å². The number of hydrogen-bond donors (Lipinski definition) is 2. The molecule has 0 spiro atoms. The highest BCUT2D eigenvalue weighted by atomic mass is 16.5. The lowest BCUT2D eigenvalue weighted by atomic mass is 10.4. The minimum absolute atomic E-state index is 0.623. The van der Waals surface area contributed by atoms with Gasteiger partial charge in [0, 0.05) is 41.0 Å². The van der Waals surface area contributed by atoms with Gasteiger partial charge in [0.1, 0.15) is 0 Å². The predicted molar refractivity (Wildman–Crippen MR) is 68.6 cm³/mol. The molecule has 102 valence electrons. The lowest BCUT2D eigenvalue weighted by molar-refractivity contribution is 0.0733. The van der Waals surface area contributed by atoms with Gasteiger partial charge in [-0.2, -0.15) is 0 Å². The minimum Gasteiger partial charge on any atom is -0.385 e. The second kappa shape index (κ2) is 13.2. The maximum Gasteiger partial charge on any atom is 0.191 e. The van der Waals surface area contributed by atoms with Crippen LogP contribution in [0.4, 0.5) is 0 Å². The average molecular weight is 247 g/mol. The summed E-state index contributed by atoms with van der Waals surface area (Å²) < 4.78 is 15.2. The van der Waals surface area contributed by atoms with Gasteiger partial charge in [0.2, 0.25) is 0 Å². The molecule has 0 heterocycles. The van der Waals surface area contributed by atoms with E-state index in [1.54, 1.807) is 21.3 Å². The highest BCUT2D eigenvalue weighted by molar-refractivity contribution is 5.79. The summed E-state index contributed by atoms with van der Waals surface area (Å²) in [4.78, 5) is 4.09. The third-order valence-corrected chi connectivity index (χ3v) is 2.01. The Morgan fingerprint density at radius 2 is 1.65 bits per heavy atom. The summed E-state index contributed by atoms with van der Waals surface area (Å²) in [5.41, 5.74) is 0. The number of ether oxygens (including phenoxy) is 3. The van der Waals surface area contributed by atoms with Gasteiger partial charge in [-0.25, -0.2) is 0 Å². The molecule has 0 aliphatic carbocycles. The van der Waals surface area contributed by atoms with Crippen molar-refractivity contribution in [2.75, 3.05) is 60.8 Å². The lowest BCUT2D eigenvalue weighted by Gasteiger charge is -2.11. The fraction of sp³-hybridized carbons (Fsp3) is 0.909. The standard InChI is InChI=1S/C11H25N3O3/c1-12-11(13-5-4-7-15-2)14-6-8-17-10-9-16-3/h4-10H2,1-3H3,(H2,12,13,14). The second-order valence-corrected chi connectivity index (χ2v) is 3.38. The van der Waals surface area contributed by atoms with Gasteiger partial charge in [0.15, 0.2) is 5.96 Å². The zero-order chi connectivity index (χ0) is 12.8. The molecule has 0 bridgehead atoms. The normalized spacial score (nSPS) is 11.6. The third-order valence-electron chi connectivity index (χ3n) is 2.01. The number of rotatable bonds is 10. The van der Waals surface area contributed by atoms with E-state index in [9.17, 15) is 0 Å². The Morgan fingerprint density at radius 1 is 0.941 bits per heavy atom. The summed E-state index contributed by atoms with van der Waals surface area (Å²) in [6.45, 7) is 4.22. The molecule has 17 heavy (non-hydrogen) atoms. The maximum absolute atomic E-state index is 5.32. The van der Waals surface area contributed by atoms with E-state index in [0.717, 1.165) is 32.1 Å². The van der Waals surface area contributed by atoms with Crippen LogP contribution in [0.25, 0.3) is 0 Å². The molecule has 0 saturated carbocycles. The number of guanidine groups is 1. The lowest BCUT2D eigenvalue weighted by Crippen LogP contribution is -2.39. The third kappa shape index (κ3) is 11.4. The first-order chi connectivity index (χ1) is 8.35. The molecule has 2 N–H and O–H groups in total.